The van der Waals surface area contributed by atoms with Gasteiger partial charge in [-0.2, -0.15) is 16.9 Å². The maximum Gasteiger partial charge on any atom is 0.257 e. The van der Waals surface area contributed by atoms with Crippen molar-refractivity contribution in [3.05, 3.63) is 69.7 Å². The van der Waals surface area contributed by atoms with Gasteiger partial charge in [-0.25, -0.2) is 4.98 Å². The molecule has 6 nitrogen and oxygen atoms in total. The fourth-order valence-corrected chi connectivity index (χ4v) is 3.99. The fourth-order valence-electron chi connectivity index (χ4n) is 2.55. The Morgan fingerprint density at radius 1 is 1.52 bits per heavy atom. The van der Waals surface area contributed by atoms with E-state index in [1.807, 2.05) is 34.4 Å². The van der Waals surface area contributed by atoms with Gasteiger partial charge >= 0.3 is 0 Å². The summed E-state index contributed by atoms with van der Waals surface area (Å²) >= 11 is 8.34. The van der Waals surface area contributed by atoms with E-state index >= 15 is 0 Å². The molecule has 0 radical (unpaired) electrons. The molecule has 0 aliphatic heterocycles. The zero-order valence-electron chi connectivity index (χ0n) is 14.8. The van der Waals surface area contributed by atoms with Crippen LogP contribution in [-0.2, 0) is 18.7 Å². The Hall–Kier alpha value is -2.23. The second-order valence-electron chi connectivity index (χ2n) is 5.75. The van der Waals surface area contributed by atoms with Crippen LogP contribution < -0.4 is 5.32 Å². The van der Waals surface area contributed by atoms with Crippen molar-refractivity contribution in [3.63, 3.8) is 0 Å². The highest BCUT2D eigenvalue weighted by Crippen LogP contribution is 2.19. The number of benzene rings is 1. The summed E-state index contributed by atoms with van der Waals surface area (Å²) in [4.78, 5) is 17.0. The van der Waals surface area contributed by atoms with Gasteiger partial charge in [0.15, 0.2) is 9.90 Å². The number of thiazole rings is 1. The minimum absolute atomic E-state index is 0.159. The molecule has 0 fully saturated rings. The van der Waals surface area contributed by atoms with Crippen molar-refractivity contribution in [1.29, 1.82) is 0 Å². The van der Waals surface area contributed by atoms with Crippen LogP contribution in [0.15, 0.2) is 42.3 Å². The Bertz CT molecular complexity index is 1000. The first-order valence-corrected chi connectivity index (χ1v) is 10.9. The highest BCUT2D eigenvalue weighted by molar-refractivity contribution is 7.97. The molecule has 0 aliphatic carbocycles. The number of amides is 1. The van der Waals surface area contributed by atoms with E-state index < -0.39 is 0 Å². The number of carbonyl (C=O) groups is 1. The quantitative estimate of drug-likeness (QED) is 0.422. The van der Waals surface area contributed by atoms with Crippen molar-refractivity contribution in [2.24, 2.45) is 0 Å². The van der Waals surface area contributed by atoms with Gasteiger partial charge in [-0.3, -0.25) is 19.8 Å². The van der Waals surface area contributed by atoms with Crippen molar-refractivity contribution in [2.75, 3.05) is 11.6 Å². The molecule has 27 heavy (non-hydrogen) atoms. The molecular weight excluding hydrogens is 398 g/mol. The van der Waals surface area contributed by atoms with Crippen LogP contribution in [0.25, 0.3) is 0 Å². The van der Waals surface area contributed by atoms with Gasteiger partial charge in [-0.05, 0) is 36.2 Å². The monoisotopic (exact) mass is 417 g/mol. The number of hydrogen-bond donors (Lipinski definition) is 2. The number of aromatic nitrogens is 4. The molecule has 3 rings (SSSR count). The van der Waals surface area contributed by atoms with Gasteiger partial charge < -0.3 is 0 Å². The van der Waals surface area contributed by atoms with E-state index in [0.29, 0.717) is 28.4 Å². The van der Waals surface area contributed by atoms with E-state index in [1.165, 1.54) is 11.3 Å². The van der Waals surface area contributed by atoms with Gasteiger partial charge in [0.1, 0.15) is 5.82 Å². The molecule has 9 heteroatoms. The summed E-state index contributed by atoms with van der Waals surface area (Å²) < 4.78 is 2.43. The molecule has 1 aromatic carbocycles. The number of nitrogens with zero attached hydrogens (tertiary/aromatic N) is 3. The van der Waals surface area contributed by atoms with Gasteiger partial charge in [0.25, 0.3) is 5.91 Å². The molecule has 140 valence electrons. The van der Waals surface area contributed by atoms with Gasteiger partial charge in [0.2, 0.25) is 0 Å². The first kappa shape index (κ1) is 19.5. The number of allylic oxidation sites excluding steroid dienone is 1. The molecule has 0 saturated heterocycles. The SMILES string of the molecule is C=CCn1c(Cc2csc(NC(=O)c3cccc(CSC)c3)n2)n[nH]c1=S. The van der Waals surface area contributed by atoms with E-state index in [2.05, 4.69) is 27.1 Å². The van der Waals surface area contributed by atoms with E-state index in [0.717, 1.165) is 22.8 Å². The summed E-state index contributed by atoms with van der Waals surface area (Å²) in [7, 11) is 0. The van der Waals surface area contributed by atoms with Crippen molar-refractivity contribution in [1.82, 2.24) is 19.7 Å². The third-order valence-electron chi connectivity index (χ3n) is 3.76. The average Bonchev–Trinajstić information content (AvgIpc) is 3.24. The summed E-state index contributed by atoms with van der Waals surface area (Å²) in [6.07, 6.45) is 4.33. The van der Waals surface area contributed by atoms with Gasteiger partial charge in [-0.15, -0.1) is 17.9 Å². The number of hydrogen-bond acceptors (Lipinski definition) is 6. The number of carbonyl (C=O) groups excluding carboxylic acids is 1. The van der Waals surface area contributed by atoms with Gasteiger partial charge in [0, 0.05) is 23.2 Å². The zero-order valence-corrected chi connectivity index (χ0v) is 17.2. The minimum Gasteiger partial charge on any atom is -0.300 e. The van der Waals surface area contributed by atoms with Crippen LogP contribution in [0.2, 0.25) is 0 Å². The average molecular weight is 418 g/mol. The van der Waals surface area contributed by atoms with Crippen LogP contribution in [0.3, 0.4) is 0 Å². The van der Waals surface area contributed by atoms with E-state index in [-0.39, 0.29) is 5.91 Å². The van der Waals surface area contributed by atoms with Crippen molar-refractivity contribution < 1.29 is 4.79 Å². The third-order valence-corrected chi connectivity index (χ3v) is 5.50. The molecular formula is C18H19N5OS3. The summed E-state index contributed by atoms with van der Waals surface area (Å²) in [6.45, 7) is 4.33. The lowest BCUT2D eigenvalue weighted by atomic mass is 10.1. The molecule has 0 atom stereocenters. The zero-order chi connectivity index (χ0) is 19.2. The predicted octanol–water partition coefficient (Wildman–Crippen LogP) is 4.29. The highest BCUT2D eigenvalue weighted by Gasteiger charge is 2.12. The fraction of sp³-hybridized carbons (Fsp3) is 0.222. The molecule has 0 bridgehead atoms. The van der Waals surface area contributed by atoms with Crippen molar-refractivity contribution >= 4 is 46.4 Å². The molecule has 0 spiro atoms. The minimum atomic E-state index is -0.159. The maximum atomic E-state index is 12.5. The Morgan fingerprint density at radius 3 is 3.15 bits per heavy atom. The molecule has 2 aromatic heterocycles. The maximum absolute atomic E-state index is 12.5. The smallest absolute Gasteiger partial charge is 0.257 e. The Labute approximate surface area is 170 Å². The number of rotatable bonds is 8. The second-order valence-corrected chi connectivity index (χ2v) is 7.86. The lowest BCUT2D eigenvalue weighted by Crippen LogP contribution is -2.12. The Kier molecular flexibility index (Phi) is 6.59. The topological polar surface area (TPSA) is 75.6 Å². The number of anilines is 1. The van der Waals surface area contributed by atoms with Crippen LogP contribution in [0, 0.1) is 4.77 Å². The lowest BCUT2D eigenvalue weighted by molar-refractivity contribution is 0.102. The number of aromatic amines is 1. The Morgan fingerprint density at radius 2 is 2.37 bits per heavy atom. The normalized spacial score (nSPS) is 10.7. The number of H-pyrrole nitrogens is 1. The largest absolute Gasteiger partial charge is 0.300 e. The third kappa shape index (κ3) is 4.94. The lowest BCUT2D eigenvalue weighted by Gasteiger charge is -2.04. The molecule has 1 amide bonds. The number of thioether (sulfide) groups is 1. The molecule has 2 heterocycles. The molecule has 0 aliphatic rings. The van der Waals surface area contributed by atoms with Crippen LogP contribution in [-0.4, -0.2) is 31.9 Å². The molecule has 0 unspecified atom stereocenters. The second kappa shape index (κ2) is 9.12. The highest BCUT2D eigenvalue weighted by atomic mass is 32.2. The van der Waals surface area contributed by atoms with Crippen molar-refractivity contribution in [2.45, 2.75) is 18.7 Å². The van der Waals surface area contributed by atoms with Crippen LogP contribution in [0.1, 0.15) is 27.4 Å². The summed E-state index contributed by atoms with van der Waals surface area (Å²) in [5, 5.41) is 12.4. The summed E-state index contributed by atoms with van der Waals surface area (Å²) in [5.74, 6) is 1.50. The van der Waals surface area contributed by atoms with Crippen molar-refractivity contribution in [3.8, 4) is 0 Å². The summed E-state index contributed by atoms with van der Waals surface area (Å²) in [5.41, 5.74) is 2.58. The van der Waals surface area contributed by atoms with Crippen LogP contribution in [0.4, 0.5) is 5.13 Å². The van der Waals surface area contributed by atoms with Crippen LogP contribution >= 0.6 is 35.3 Å². The van der Waals surface area contributed by atoms with Gasteiger partial charge in [0.05, 0.1) is 12.1 Å². The first-order valence-electron chi connectivity index (χ1n) is 8.19. The molecule has 2 N–H and O–H groups in total. The van der Waals surface area contributed by atoms with E-state index in [4.69, 9.17) is 12.2 Å². The van der Waals surface area contributed by atoms with E-state index in [1.54, 1.807) is 23.9 Å². The summed E-state index contributed by atoms with van der Waals surface area (Å²) in [6, 6.07) is 7.63. The van der Waals surface area contributed by atoms with Crippen LogP contribution in [0.5, 0.6) is 0 Å². The standard InChI is InChI=1S/C18H19N5OS3/c1-3-7-23-15(21-22-18(23)25)9-14-11-27-17(19-14)20-16(24)13-6-4-5-12(8-13)10-26-2/h3-6,8,11H,1,7,9-10H2,2H3,(H,22,25)(H,19,20,24). The Balaban J connectivity index is 1.69. The predicted molar refractivity (Wildman–Crippen MR) is 114 cm³/mol. The molecule has 0 saturated carbocycles. The molecule has 3 aromatic rings. The first-order chi connectivity index (χ1) is 13.1. The van der Waals surface area contributed by atoms with E-state index in [9.17, 15) is 4.79 Å². The van der Waals surface area contributed by atoms with Gasteiger partial charge in [-0.1, -0.05) is 18.2 Å². The number of nitrogens with one attached hydrogen (secondary N) is 2.